The van der Waals surface area contributed by atoms with Crippen molar-refractivity contribution in [1.82, 2.24) is 4.98 Å². The molecule has 72 valence electrons. The fourth-order valence-electron chi connectivity index (χ4n) is 1.26. The first kappa shape index (κ1) is 10.7. The standard InChI is InChI=1S/C10H15BrN2/c1-3-4-9(12)8-5-7(2)10(11)13-6-8/h5-6,9H,3-4,12H2,1-2H3. The Bertz CT molecular complexity index is 286. The molecule has 1 rings (SSSR count). The van der Waals surface area contributed by atoms with Gasteiger partial charge in [-0.15, -0.1) is 0 Å². The van der Waals surface area contributed by atoms with Crippen LogP contribution in [0.1, 0.15) is 36.9 Å². The first-order chi connectivity index (χ1) is 6.15. The average molecular weight is 243 g/mol. The minimum atomic E-state index is 0.129. The van der Waals surface area contributed by atoms with Gasteiger partial charge in [0.25, 0.3) is 0 Å². The first-order valence-electron chi connectivity index (χ1n) is 4.52. The van der Waals surface area contributed by atoms with Crippen LogP contribution in [0.5, 0.6) is 0 Å². The van der Waals surface area contributed by atoms with Gasteiger partial charge in [0.1, 0.15) is 4.60 Å². The lowest BCUT2D eigenvalue weighted by Gasteiger charge is -2.11. The van der Waals surface area contributed by atoms with E-state index in [1.54, 1.807) is 0 Å². The largest absolute Gasteiger partial charge is 0.324 e. The van der Waals surface area contributed by atoms with E-state index in [1.807, 2.05) is 13.1 Å². The van der Waals surface area contributed by atoms with E-state index >= 15 is 0 Å². The van der Waals surface area contributed by atoms with Gasteiger partial charge in [-0.2, -0.15) is 0 Å². The molecule has 2 N–H and O–H groups in total. The molecular weight excluding hydrogens is 228 g/mol. The number of aromatic nitrogens is 1. The number of rotatable bonds is 3. The molecule has 0 aromatic carbocycles. The van der Waals surface area contributed by atoms with Gasteiger partial charge in [-0.3, -0.25) is 0 Å². The molecule has 0 aliphatic heterocycles. The van der Waals surface area contributed by atoms with Crippen LogP contribution in [0.15, 0.2) is 16.9 Å². The third kappa shape index (κ3) is 2.78. The van der Waals surface area contributed by atoms with Crippen LogP contribution in [-0.2, 0) is 0 Å². The van der Waals surface area contributed by atoms with E-state index in [4.69, 9.17) is 5.73 Å². The van der Waals surface area contributed by atoms with Gasteiger partial charge in [0.2, 0.25) is 0 Å². The molecule has 0 saturated carbocycles. The van der Waals surface area contributed by atoms with Crippen LogP contribution >= 0.6 is 15.9 Å². The zero-order chi connectivity index (χ0) is 9.84. The van der Waals surface area contributed by atoms with E-state index in [0.717, 1.165) is 28.6 Å². The number of hydrogen-bond donors (Lipinski definition) is 1. The zero-order valence-corrected chi connectivity index (χ0v) is 9.63. The summed E-state index contributed by atoms with van der Waals surface area (Å²) in [5, 5.41) is 0. The summed E-state index contributed by atoms with van der Waals surface area (Å²) in [6, 6.07) is 2.22. The molecule has 0 spiro atoms. The van der Waals surface area contributed by atoms with Crippen molar-refractivity contribution in [3.05, 3.63) is 28.0 Å². The lowest BCUT2D eigenvalue weighted by atomic mass is 10.0. The van der Waals surface area contributed by atoms with E-state index in [1.165, 1.54) is 0 Å². The summed E-state index contributed by atoms with van der Waals surface area (Å²) in [4.78, 5) is 4.22. The van der Waals surface area contributed by atoms with Gasteiger partial charge in [0.15, 0.2) is 0 Å². The smallest absolute Gasteiger partial charge is 0.108 e. The van der Waals surface area contributed by atoms with E-state index in [9.17, 15) is 0 Å². The monoisotopic (exact) mass is 242 g/mol. The van der Waals surface area contributed by atoms with Gasteiger partial charge in [0, 0.05) is 12.2 Å². The molecule has 1 heterocycles. The third-order valence-electron chi connectivity index (χ3n) is 2.06. The summed E-state index contributed by atoms with van der Waals surface area (Å²) in [5.74, 6) is 0. The second-order valence-electron chi connectivity index (χ2n) is 3.27. The molecule has 0 radical (unpaired) electrons. The van der Waals surface area contributed by atoms with Crippen molar-refractivity contribution in [2.24, 2.45) is 5.73 Å². The molecule has 1 aromatic rings. The molecule has 2 nitrogen and oxygen atoms in total. The maximum absolute atomic E-state index is 5.97. The number of pyridine rings is 1. The third-order valence-corrected chi connectivity index (χ3v) is 2.89. The van der Waals surface area contributed by atoms with Crippen LogP contribution in [-0.4, -0.2) is 4.98 Å². The fraction of sp³-hybridized carbons (Fsp3) is 0.500. The van der Waals surface area contributed by atoms with Crippen LogP contribution in [0.4, 0.5) is 0 Å². The molecule has 0 bridgehead atoms. The van der Waals surface area contributed by atoms with Gasteiger partial charge in [-0.1, -0.05) is 19.4 Å². The van der Waals surface area contributed by atoms with Crippen molar-refractivity contribution in [3.8, 4) is 0 Å². The number of halogens is 1. The number of nitrogens with zero attached hydrogens (tertiary/aromatic N) is 1. The second-order valence-corrected chi connectivity index (χ2v) is 4.02. The Hall–Kier alpha value is -0.410. The zero-order valence-electron chi connectivity index (χ0n) is 8.05. The second kappa shape index (κ2) is 4.72. The Morgan fingerprint density at radius 3 is 2.85 bits per heavy atom. The lowest BCUT2D eigenvalue weighted by Crippen LogP contribution is -2.10. The Balaban J connectivity index is 2.84. The van der Waals surface area contributed by atoms with Crippen molar-refractivity contribution in [2.45, 2.75) is 32.7 Å². The maximum Gasteiger partial charge on any atom is 0.108 e. The first-order valence-corrected chi connectivity index (χ1v) is 5.32. The van der Waals surface area contributed by atoms with Crippen LogP contribution in [0.2, 0.25) is 0 Å². The van der Waals surface area contributed by atoms with E-state index in [2.05, 4.69) is 33.9 Å². The highest BCUT2D eigenvalue weighted by molar-refractivity contribution is 9.10. The highest BCUT2D eigenvalue weighted by Gasteiger charge is 2.06. The Labute approximate surface area is 87.7 Å². The van der Waals surface area contributed by atoms with Gasteiger partial charge in [-0.05, 0) is 40.4 Å². The molecule has 0 aliphatic carbocycles. The molecular formula is C10H15BrN2. The van der Waals surface area contributed by atoms with Crippen LogP contribution in [0.3, 0.4) is 0 Å². The Kier molecular flexibility index (Phi) is 3.88. The molecule has 13 heavy (non-hydrogen) atoms. The van der Waals surface area contributed by atoms with Crippen molar-refractivity contribution in [1.29, 1.82) is 0 Å². The molecule has 3 heteroatoms. The summed E-state index contributed by atoms with van der Waals surface area (Å²) < 4.78 is 0.903. The van der Waals surface area contributed by atoms with E-state index in [0.29, 0.717) is 0 Å². The molecule has 0 amide bonds. The summed E-state index contributed by atoms with van der Waals surface area (Å²) in [6.07, 6.45) is 3.97. The van der Waals surface area contributed by atoms with Gasteiger partial charge in [-0.25, -0.2) is 4.98 Å². The molecule has 1 atom stereocenters. The van der Waals surface area contributed by atoms with E-state index in [-0.39, 0.29) is 6.04 Å². The lowest BCUT2D eigenvalue weighted by molar-refractivity contribution is 0.635. The number of aryl methyl sites for hydroxylation is 1. The molecule has 0 saturated heterocycles. The predicted octanol–water partition coefficient (Wildman–Crippen LogP) is 2.95. The highest BCUT2D eigenvalue weighted by Crippen LogP contribution is 2.19. The van der Waals surface area contributed by atoms with Crippen molar-refractivity contribution in [3.63, 3.8) is 0 Å². The topological polar surface area (TPSA) is 38.9 Å². The van der Waals surface area contributed by atoms with Crippen LogP contribution in [0.25, 0.3) is 0 Å². The van der Waals surface area contributed by atoms with Crippen molar-refractivity contribution >= 4 is 15.9 Å². The molecule has 0 fully saturated rings. The molecule has 1 unspecified atom stereocenters. The number of nitrogens with two attached hydrogens (primary N) is 1. The average Bonchev–Trinajstić information content (AvgIpc) is 2.10. The van der Waals surface area contributed by atoms with Crippen molar-refractivity contribution < 1.29 is 0 Å². The summed E-state index contributed by atoms with van der Waals surface area (Å²) in [7, 11) is 0. The number of hydrogen-bond acceptors (Lipinski definition) is 2. The minimum absolute atomic E-state index is 0.129. The quantitative estimate of drug-likeness (QED) is 0.829. The normalized spacial score (nSPS) is 12.9. The molecule has 0 aliphatic rings. The van der Waals surface area contributed by atoms with Gasteiger partial charge in [0.05, 0.1) is 0 Å². The van der Waals surface area contributed by atoms with Gasteiger partial charge >= 0.3 is 0 Å². The summed E-state index contributed by atoms with van der Waals surface area (Å²) >= 11 is 3.37. The maximum atomic E-state index is 5.97. The minimum Gasteiger partial charge on any atom is -0.324 e. The SMILES string of the molecule is CCCC(N)c1cnc(Br)c(C)c1. The Morgan fingerprint density at radius 2 is 2.31 bits per heavy atom. The fourth-order valence-corrected chi connectivity index (χ4v) is 1.48. The summed E-state index contributed by atoms with van der Waals surface area (Å²) in [5.41, 5.74) is 8.24. The molecule has 1 aromatic heterocycles. The highest BCUT2D eigenvalue weighted by atomic mass is 79.9. The van der Waals surface area contributed by atoms with Crippen LogP contribution in [0, 0.1) is 6.92 Å². The predicted molar refractivity (Wildman–Crippen MR) is 58.5 cm³/mol. The summed E-state index contributed by atoms with van der Waals surface area (Å²) in [6.45, 7) is 4.16. The van der Waals surface area contributed by atoms with Gasteiger partial charge < -0.3 is 5.73 Å². The van der Waals surface area contributed by atoms with Crippen molar-refractivity contribution in [2.75, 3.05) is 0 Å². The van der Waals surface area contributed by atoms with Crippen LogP contribution < -0.4 is 5.73 Å². The van der Waals surface area contributed by atoms with E-state index < -0.39 is 0 Å². The Morgan fingerprint density at radius 1 is 1.62 bits per heavy atom.